The summed E-state index contributed by atoms with van der Waals surface area (Å²) in [4.78, 5) is 51.6. The number of hydrogen-bond donors (Lipinski definition) is 2. The van der Waals surface area contributed by atoms with Gasteiger partial charge in [0, 0.05) is 19.2 Å². The molecule has 1 aromatic heterocycles. The molecular formula is C22H32N4O5. The Bertz CT molecular complexity index is 803. The maximum Gasteiger partial charge on any atom is 0.249 e. The topological polar surface area (TPSA) is 112 Å². The minimum absolute atomic E-state index is 0.0545. The highest BCUT2D eigenvalue weighted by Crippen LogP contribution is 2.22. The van der Waals surface area contributed by atoms with Gasteiger partial charge in [-0.3, -0.25) is 19.2 Å². The van der Waals surface area contributed by atoms with Crippen LogP contribution in [0.2, 0.25) is 0 Å². The third kappa shape index (κ3) is 6.44. The molecule has 1 aliphatic heterocycles. The second-order valence-corrected chi connectivity index (χ2v) is 8.04. The van der Waals surface area contributed by atoms with E-state index in [-0.39, 0.29) is 42.8 Å². The first kappa shape index (κ1) is 24.2. The Morgan fingerprint density at radius 1 is 1.35 bits per heavy atom. The minimum Gasteiger partial charge on any atom is -0.467 e. The summed E-state index contributed by atoms with van der Waals surface area (Å²) in [5, 5.41) is 5.19. The number of hydrogen-bond acceptors (Lipinski definition) is 5. The highest BCUT2D eigenvalue weighted by atomic mass is 16.3. The molecule has 0 saturated carbocycles. The van der Waals surface area contributed by atoms with Crippen LogP contribution in [0, 0.1) is 5.92 Å². The van der Waals surface area contributed by atoms with Gasteiger partial charge in [-0.05, 0) is 37.8 Å². The van der Waals surface area contributed by atoms with E-state index in [2.05, 4.69) is 10.6 Å². The van der Waals surface area contributed by atoms with Crippen LogP contribution in [0.25, 0.3) is 0 Å². The number of likely N-dealkylation sites (N-methyl/N-ethyl adjacent to an activating group) is 1. The van der Waals surface area contributed by atoms with Crippen LogP contribution in [-0.4, -0.2) is 66.2 Å². The molecule has 170 valence electrons. The quantitative estimate of drug-likeness (QED) is 0.424. The molecule has 1 saturated heterocycles. The van der Waals surface area contributed by atoms with Crippen molar-refractivity contribution in [1.29, 1.82) is 0 Å². The lowest BCUT2D eigenvalue weighted by Gasteiger charge is -2.30. The summed E-state index contributed by atoms with van der Waals surface area (Å²) in [6, 6.07) is 2.68. The van der Waals surface area contributed by atoms with Crippen LogP contribution in [-0.2, 0) is 25.7 Å². The fourth-order valence-corrected chi connectivity index (χ4v) is 3.71. The van der Waals surface area contributed by atoms with E-state index in [1.165, 1.54) is 4.90 Å². The molecule has 1 unspecified atom stereocenters. The van der Waals surface area contributed by atoms with E-state index in [0.29, 0.717) is 30.7 Å². The summed E-state index contributed by atoms with van der Waals surface area (Å²) in [5.41, 5.74) is 0.479. The summed E-state index contributed by atoms with van der Waals surface area (Å²) in [7, 11) is 1.65. The first-order chi connectivity index (χ1) is 14.8. The Hall–Kier alpha value is -3.10. The van der Waals surface area contributed by atoms with Crippen molar-refractivity contribution in [3.05, 3.63) is 35.8 Å². The Kier molecular flexibility index (Phi) is 8.84. The van der Waals surface area contributed by atoms with Gasteiger partial charge in [-0.2, -0.15) is 0 Å². The highest BCUT2D eigenvalue weighted by Gasteiger charge is 2.35. The zero-order valence-electron chi connectivity index (χ0n) is 18.6. The van der Waals surface area contributed by atoms with Gasteiger partial charge in [0.25, 0.3) is 0 Å². The van der Waals surface area contributed by atoms with E-state index in [0.717, 1.165) is 6.42 Å². The molecule has 9 heteroatoms. The van der Waals surface area contributed by atoms with E-state index in [1.807, 2.05) is 13.8 Å². The number of likely N-dealkylation sites (tertiary alicyclic amines) is 1. The van der Waals surface area contributed by atoms with E-state index in [4.69, 9.17) is 4.42 Å². The average molecular weight is 433 g/mol. The van der Waals surface area contributed by atoms with Crippen molar-refractivity contribution in [2.24, 2.45) is 5.92 Å². The van der Waals surface area contributed by atoms with Crippen LogP contribution in [0.15, 0.2) is 34.5 Å². The lowest BCUT2D eigenvalue weighted by atomic mass is 9.99. The molecule has 1 aromatic rings. The largest absolute Gasteiger partial charge is 0.467 e. The number of furan rings is 1. The van der Waals surface area contributed by atoms with Crippen molar-refractivity contribution >= 4 is 24.1 Å². The van der Waals surface area contributed by atoms with Gasteiger partial charge in [0.2, 0.25) is 24.1 Å². The zero-order valence-corrected chi connectivity index (χ0v) is 18.6. The van der Waals surface area contributed by atoms with E-state index in [9.17, 15) is 19.2 Å². The van der Waals surface area contributed by atoms with E-state index < -0.39 is 6.04 Å². The standard InChI is InChI=1S/C22H32N4O5/c1-15(2)19(25(4)20(28)13-23-14-27)11-16(3)22(30)26-9-5-8-18(26)21(29)24-12-17-7-6-10-31-17/h6-7,10-11,14-15,18-19H,5,8-9,12-13H2,1-4H3,(H,23,27)(H,24,29)/t18?,19-/m1/s1. The van der Waals surface area contributed by atoms with Gasteiger partial charge in [0.05, 0.1) is 25.4 Å². The number of nitrogens with one attached hydrogen (secondary N) is 2. The summed E-state index contributed by atoms with van der Waals surface area (Å²) in [6.45, 7) is 6.29. The summed E-state index contributed by atoms with van der Waals surface area (Å²) in [5.74, 6) is 0.0326. The monoisotopic (exact) mass is 432 g/mol. The molecule has 0 aliphatic carbocycles. The first-order valence-electron chi connectivity index (χ1n) is 10.5. The lowest BCUT2D eigenvalue weighted by molar-refractivity contribution is -0.136. The molecule has 2 N–H and O–H groups in total. The third-order valence-corrected chi connectivity index (χ3v) is 5.45. The molecule has 0 spiro atoms. The molecule has 1 aliphatic rings. The van der Waals surface area contributed by atoms with Gasteiger partial charge in [-0.15, -0.1) is 0 Å². The van der Waals surface area contributed by atoms with Crippen LogP contribution in [0.5, 0.6) is 0 Å². The molecule has 0 bridgehead atoms. The predicted molar refractivity (Wildman–Crippen MR) is 115 cm³/mol. The van der Waals surface area contributed by atoms with Gasteiger partial charge in [-0.1, -0.05) is 19.9 Å². The predicted octanol–water partition coefficient (Wildman–Crippen LogP) is 1.06. The van der Waals surface area contributed by atoms with Gasteiger partial charge < -0.3 is 24.9 Å². The number of carbonyl (C=O) groups excluding carboxylic acids is 4. The van der Waals surface area contributed by atoms with Crippen molar-refractivity contribution < 1.29 is 23.6 Å². The Morgan fingerprint density at radius 3 is 2.71 bits per heavy atom. The Labute approximate surface area is 182 Å². The number of carbonyl (C=O) groups is 4. The molecule has 2 heterocycles. The maximum atomic E-state index is 13.1. The molecule has 4 amide bonds. The fourth-order valence-electron chi connectivity index (χ4n) is 3.71. The summed E-state index contributed by atoms with van der Waals surface area (Å²) >= 11 is 0. The van der Waals surface area contributed by atoms with E-state index >= 15 is 0 Å². The Balaban J connectivity index is 2.07. The molecule has 31 heavy (non-hydrogen) atoms. The van der Waals surface area contributed by atoms with Crippen molar-refractivity contribution in [3.63, 3.8) is 0 Å². The first-order valence-corrected chi connectivity index (χ1v) is 10.5. The highest BCUT2D eigenvalue weighted by molar-refractivity contribution is 5.97. The molecule has 2 rings (SSSR count). The molecule has 9 nitrogen and oxygen atoms in total. The molecule has 0 radical (unpaired) electrons. The zero-order chi connectivity index (χ0) is 23.0. The smallest absolute Gasteiger partial charge is 0.249 e. The third-order valence-electron chi connectivity index (χ3n) is 5.45. The SMILES string of the molecule is CC(=C[C@H](C(C)C)N(C)C(=O)CNC=O)C(=O)N1CCCC1C(=O)NCc1ccco1. The Morgan fingerprint density at radius 2 is 2.10 bits per heavy atom. The van der Waals surface area contributed by atoms with Crippen LogP contribution in [0.3, 0.4) is 0 Å². The second-order valence-electron chi connectivity index (χ2n) is 8.04. The average Bonchev–Trinajstić information content (AvgIpc) is 3.44. The number of nitrogens with zero attached hydrogens (tertiary/aromatic N) is 2. The summed E-state index contributed by atoms with van der Waals surface area (Å²) in [6.07, 6.45) is 5.14. The van der Waals surface area contributed by atoms with Crippen LogP contribution in [0.4, 0.5) is 0 Å². The minimum atomic E-state index is -0.528. The lowest BCUT2D eigenvalue weighted by Crippen LogP contribution is -2.46. The molecule has 2 atom stereocenters. The van der Waals surface area contributed by atoms with Crippen LogP contribution >= 0.6 is 0 Å². The number of rotatable bonds is 10. The molecule has 0 aromatic carbocycles. The fraction of sp³-hybridized carbons (Fsp3) is 0.545. The van der Waals surface area contributed by atoms with Crippen molar-refractivity contribution in [2.75, 3.05) is 20.1 Å². The maximum absolute atomic E-state index is 13.1. The second kappa shape index (κ2) is 11.3. The van der Waals surface area contributed by atoms with Crippen LogP contribution in [0.1, 0.15) is 39.4 Å². The molecular weight excluding hydrogens is 400 g/mol. The van der Waals surface area contributed by atoms with Crippen molar-refractivity contribution in [2.45, 2.75) is 52.2 Å². The van der Waals surface area contributed by atoms with Crippen LogP contribution < -0.4 is 10.6 Å². The van der Waals surface area contributed by atoms with Crippen molar-refractivity contribution in [1.82, 2.24) is 20.4 Å². The van der Waals surface area contributed by atoms with Gasteiger partial charge >= 0.3 is 0 Å². The van der Waals surface area contributed by atoms with Gasteiger partial charge in [0.15, 0.2) is 0 Å². The number of amides is 4. The van der Waals surface area contributed by atoms with Crippen molar-refractivity contribution in [3.8, 4) is 0 Å². The van der Waals surface area contributed by atoms with Gasteiger partial charge in [0.1, 0.15) is 11.8 Å². The van der Waals surface area contributed by atoms with E-state index in [1.54, 1.807) is 43.3 Å². The summed E-state index contributed by atoms with van der Waals surface area (Å²) < 4.78 is 5.23. The normalized spacial score (nSPS) is 17.4. The van der Waals surface area contributed by atoms with Gasteiger partial charge in [-0.25, -0.2) is 0 Å². The molecule has 1 fully saturated rings.